The van der Waals surface area contributed by atoms with Crippen molar-refractivity contribution in [1.29, 1.82) is 0 Å². The summed E-state index contributed by atoms with van der Waals surface area (Å²) >= 11 is 0. The topological polar surface area (TPSA) is 82.0 Å². The van der Waals surface area contributed by atoms with E-state index in [0.717, 1.165) is 16.6 Å². The summed E-state index contributed by atoms with van der Waals surface area (Å²) in [6.45, 7) is 0.788. The van der Waals surface area contributed by atoms with Crippen LogP contribution in [0.5, 0.6) is 0 Å². The third-order valence-corrected chi connectivity index (χ3v) is 3.20. The van der Waals surface area contributed by atoms with Crippen molar-refractivity contribution in [3.8, 4) is 0 Å². The van der Waals surface area contributed by atoms with Gasteiger partial charge in [-0.3, -0.25) is 13.9 Å². The molecule has 6 nitrogen and oxygen atoms in total. The number of rotatable bonds is 4. The molecule has 0 atom stereocenters. The summed E-state index contributed by atoms with van der Waals surface area (Å²) in [5, 5.41) is 2.79. The molecule has 1 amide bonds. The van der Waals surface area contributed by atoms with Crippen LogP contribution in [0, 0.1) is 0 Å². The monoisotopic (exact) mass is 262 g/mol. The van der Waals surface area contributed by atoms with Crippen LogP contribution in [0.25, 0.3) is 11.0 Å². The van der Waals surface area contributed by atoms with Gasteiger partial charge < -0.3 is 11.1 Å². The molecular formula is C13H18N4O2. The molecule has 2 rings (SSSR count). The summed E-state index contributed by atoms with van der Waals surface area (Å²) in [5.41, 5.74) is 7.95. The number of fused-ring (bicyclic) bond motifs is 1. The van der Waals surface area contributed by atoms with E-state index in [0.29, 0.717) is 19.5 Å². The molecule has 0 fully saturated rings. The van der Waals surface area contributed by atoms with Crippen molar-refractivity contribution in [2.45, 2.75) is 13.0 Å². The first-order valence-electron chi connectivity index (χ1n) is 6.15. The average Bonchev–Trinajstić information content (AvgIpc) is 2.62. The van der Waals surface area contributed by atoms with E-state index in [9.17, 15) is 9.59 Å². The number of carbonyl (C=O) groups is 1. The zero-order valence-electron chi connectivity index (χ0n) is 11.1. The van der Waals surface area contributed by atoms with E-state index >= 15 is 0 Å². The number of hydrogen-bond donors (Lipinski definition) is 2. The van der Waals surface area contributed by atoms with Crippen LogP contribution in [-0.2, 0) is 25.4 Å². The Kier molecular flexibility index (Phi) is 3.71. The van der Waals surface area contributed by atoms with Crippen LogP contribution >= 0.6 is 0 Å². The first kappa shape index (κ1) is 13.4. The van der Waals surface area contributed by atoms with Crippen LogP contribution in [0.4, 0.5) is 0 Å². The van der Waals surface area contributed by atoms with Crippen LogP contribution in [0.1, 0.15) is 12.0 Å². The van der Waals surface area contributed by atoms with E-state index in [4.69, 9.17) is 5.73 Å². The Morgan fingerprint density at radius 1 is 1.26 bits per heavy atom. The van der Waals surface area contributed by atoms with E-state index < -0.39 is 0 Å². The van der Waals surface area contributed by atoms with Gasteiger partial charge in [0.15, 0.2) is 0 Å². The van der Waals surface area contributed by atoms with Gasteiger partial charge >= 0.3 is 5.69 Å². The van der Waals surface area contributed by atoms with Crippen molar-refractivity contribution in [2.75, 3.05) is 6.54 Å². The number of hydrogen-bond acceptors (Lipinski definition) is 3. The van der Waals surface area contributed by atoms with E-state index in [1.807, 2.05) is 18.2 Å². The fourth-order valence-electron chi connectivity index (χ4n) is 2.08. The summed E-state index contributed by atoms with van der Waals surface area (Å²) in [6, 6.07) is 5.71. The van der Waals surface area contributed by atoms with E-state index in [2.05, 4.69) is 5.32 Å². The SMILES string of the molecule is Cn1c(=O)n(C)c2cc(CNC(=O)CCN)ccc21. The molecule has 0 radical (unpaired) electrons. The normalized spacial score (nSPS) is 10.9. The molecule has 0 bridgehead atoms. The number of aromatic nitrogens is 2. The Bertz CT molecular complexity index is 669. The Labute approximate surface area is 110 Å². The molecule has 0 aliphatic heterocycles. The molecule has 0 unspecified atom stereocenters. The predicted molar refractivity (Wildman–Crippen MR) is 73.7 cm³/mol. The number of amides is 1. The standard InChI is InChI=1S/C13H18N4O2/c1-16-10-4-3-9(8-15-12(18)5-6-14)7-11(10)17(2)13(16)19/h3-4,7H,5-6,8,14H2,1-2H3,(H,15,18). The van der Waals surface area contributed by atoms with E-state index in [1.54, 1.807) is 23.2 Å². The average molecular weight is 262 g/mol. The molecule has 0 saturated carbocycles. The lowest BCUT2D eigenvalue weighted by atomic mass is 10.2. The molecule has 2 aromatic rings. The Hall–Kier alpha value is -2.08. The Morgan fingerprint density at radius 2 is 1.95 bits per heavy atom. The van der Waals surface area contributed by atoms with Crippen molar-refractivity contribution in [2.24, 2.45) is 19.8 Å². The number of nitrogens with two attached hydrogens (primary N) is 1. The van der Waals surface area contributed by atoms with Crippen molar-refractivity contribution < 1.29 is 4.79 Å². The minimum absolute atomic E-state index is 0.0562. The van der Waals surface area contributed by atoms with E-state index in [-0.39, 0.29) is 11.6 Å². The van der Waals surface area contributed by atoms with Gasteiger partial charge in [0, 0.05) is 33.6 Å². The number of imidazole rings is 1. The lowest BCUT2D eigenvalue weighted by Gasteiger charge is -2.05. The van der Waals surface area contributed by atoms with Crippen LogP contribution in [0.3, 0.4) is 0 Å². The molecule has 1 aromatic carbocycles. The molecule has 0 spiro atoms. The van der Waals surface area contributed by atoms with E-state index in [1.165, 1.54) is 0 Å². The van der Waals surface area contributed by atoms with Gasteiger partial charge in [0.25, 0.3) is 0 Å². The van der Waals surface area contributed by atoms with Crippen LogP contribution in [0.15, 0.2) is 23.0 Å². The highest BCUT2D eigenvalue weighted by molar-refractivity contribution is 5.78. The summed E-state index contributed by atoms with van der Waals surface area (Å²) in [7, 11) is 3.48. The van der Waals surface area contributed by atoms with Crippen LogP contribution in [0.2, 0.25) is 0 Å². The lowest BCUT2D eigenvalue weighted by Crippen LogP contribution is -2.24. The summed E-state index contributed by atoms with van der Waals surface area (Å²) in [5.74, 6) is -0.0652. The Balaban J connectivity index is 2.25. The fraction of sp³-hybridized carbons (Fsp3) is 0.385. The highest BCUT2D eigenvalue weighted by Crippen LogP contribution is 2.13. The maximum absolute atomic E-state index is 11.8. The molecule has 6 heteroatoms. The maximum Gasteiger partial charge on any atom is 0.328 e. The summed E-state index contributed by atoms with van der Waals surface area (Å²) in [4.78, 5) is 23.1. The molecular weight excluding hydrogens is 244 g/mol. The number of carbonyl (C=O) groups excluding carboxylic acids is 1. The van der Waals surface area contributed by atoms with Gasteiger partial charge in [-0.2, -0.15) is 0 Å². The van der Waals surface area contributed by atoms with Gasteiger partial charge in [-0.1, -0.05) is 6.07 Å². The first-order chi connectivity index (χ1) is 9.04. The zero-order valence-corrected chi connectivity index (χ0v) is 11.1. The van der Waals surface area contributed by atoms with Gasteiger partial charge in [-0.05, 0) is 17.7 Å². The number of benzene rings is 1. The summed E-state index contributed by atoms with van der Waals surface area (Å²) < 4.78 is 3.20. The van der Waals surface area contributed by atoms with Gasteiger partial charge in [0.05, 0.1) is 11.0 Å². The molecule has 102 valence electrons. The van der Waals surface area contributed by atoms with Crippen LogP contribution in [-0.4, -0.2) is 21.6 Å². The second-order valence-electron chi connectivity index (χ2n) is 4.54. The number of aryl methyl sites for hydroxylation is 2. The fourth-order valence-corrected chi connectivity index (χ4v) is 2.08. The minimum atomic E-state index is -0.0652. The molecule has 0 aliphatic rings. The third-order valence-electron chi connectivity index (χ3n) is 3.20. The Morgan fingerprint density at radius 3 is 2.63 bits per heavy atom. The minimum Gasteiger partial charge on any atom is -0.352 e. The molecule has 3 N–H and O–H groups in total. The highest BCUT2D eigenvalue weighted by Gasteiger charge is 2.08. The van der Waals surface area contributed by atoms with Gasteiger partial charge in [0.1, 0.15) is 0 Å². The molecule has 0 aliphatic carbocycles. The molecule has 0 saturated heterocycles. The van der Waals surface area contributed by atoms with Crippen molar-refractivity contribution in [3.63, 3.8) is 0 Å². The van der Waals surface area contributed by atoms with Crippen molar-refractivity contribution in [1.82, 2.24) is 14.5 Å². The third kappa shape index (κ3) is 2.53. The molecule has 19 heavy (non-hydrogen) atoms. The van der Waals surface area contributed by atoms with Gasteiger partial charge in [0.2, 0.25) is 5.91 Å². The molecule has 1 aromatic heterocycles. The number of nitrogens with one attached hydrogen (secondary N) is 1. The summed E-state index contributed by atoms with van der Waals surface area (Å²) in [6.07, 6.45) is 0.325. The van der Waals surface area contributed by atoms with Gasteiger partial charge in [-0.15, -0.1) is 0 Å². The van der Waals surface area contributed by atoms with Crippen molar-refractivity contribution >= 4 is 16.9 Å². The van der Waals surface area contributed by atoms with Crippen molar-refractivity contribution in [3.05, 3.63) is 34.2 Å². The second-order valence-corrected chi connectivity index (χ2v) is 4.54. The second kappa shape index (κ2) is 5.27. The largest absolute Gasteiger partial charge is 0.352 e. The first-order valence-corrected chi connectivity index (χ1v) is 6.15. The molecule has 1 heterocycles. The highest BCUT2D eigenvalue weighted by atomic mass is 16.2. The zero-order chi connectivity index (χ0) is 14.0. The maximum atomic E-state index is 11.8. The number of nitrogens with zero attached hydrogens (tertiary/aromatic N) is 2. The smallest absolute Gasteiger partial charge is 0.328 e. The quantitative estimate of drug-likeness (QED) is 0.803. The predicted octanol–water partition coefficient (Wildman–Crippen LogP) is -0.158. The van der Waals surface area contributed by atoms with Crippen LogP contribution < -0.4 is 16.7 Å². The lowest BCUT2D eigenvalue weighted by molar-refractivity contribution is -0.121. The van der Waals surface area contributed by atoms with Gasteiger partial charge in [-0.25, -0.2) is 4.79 Å².